The highest BCUT2D eigenvalue weighted by molar-refractivity contribution is 8.00. The summed E-state index contributed by atoms with van der Waals surface area (Å²) >= 11 is 1.49. The summed E-state index contributed by atoms with van der Waals surface area (Å²) in [5.41, 5.74) is 1.12. The summed E-state index contributed by atoms with van der Waals surface area (Å²) in [6.07, 6.45) is 3.84. The van der Waals surface area contributed by atoms with Gasteiger partial charge in [0.1, 0.15) is 0 Å². The molecule has 2 fully saturated rings. The predicted octanol–water partition coefficient (Wildman–Crippen LogP) is 0.383. The zero-order chi connectivity index (χ0) is 25.3. The van der Waals surface area contributed by atoms with E-state index in [-0.39, 0.29) is 24.1 Å². The number of fused-ring (bicyclic) bond motifs is 1. The molecular weight excluding hydrogens is 468 g/mol. The monoisotopic (exact) mass is 500 g/mol. The fourth-order valence-corrected chi connectivity index (χ4v) is 5.62. The summed E-state index contributed by atoms with van der Waals surface area (Å²) in [6.45, 7) is 6.63. The highest BCUT2D eigenvalue weighted by Crippen LogP contribution is 2.25. The molecule has 0 aromatic carbocycles. The van der Waals surface area contributed by atoms with Gasteiger partial charge in [0, 0.05) is 52.1 Å². The van der Waals surface area contributed by atoms with Gasteiger partial charge in [0.05, 0.1) is 12.6 Å². The summed E-state index contributed by atoms with van der Waals surface area (Å²) in [5, 5.41) is 12.2. The van der Waals surface area contributed by atoms with Crippen LogP contribution in [-0.4, -0.2) is 72.8 Å². The summed E-state index contributed by atoms with van der Waals surface area (Å²) in [4.78, 5) is 46.7. The van der Waals surface area contributed by atoms with Gasteiger partial charge >= 0.3 is 5.69 Å². The van der Waals surface area contributed by atoms with E-state index in [0.717, 1.165) is 35.3 Å². The van der Waals surface area contributed by atoms with E-state index in [1.165, 1.54) is 23.4 Å². The van der Waals surface area contributed by atoms with Gasteiger partial charge in [-0.15, -0.1) is 11.8 Å². The lowest BCUT2D eigenvalue weighted by Gasteiger charge is -2.34. The molecule has 0 saturated carbocycles. The number of hydrogen-bond acceptors (Lipinski definition) is 8. The molecule has 11 nitrogen and oxygen atoms in total. The number of aryl methyl sites for hydroxylation is 1. The minimum absolute atomic E-state index is 0.0619. The van der Waals surface area contributed by atoms with Crippen molar-refractivity contribution in [3.63, 3.8) is 0 Å². The van der Waals surface area contributed by atoms with Gasteiger partial charge < -0.3 is 19.7 Å². The topological polar surface area (TPSA) is 121 Å². The molecule has 0 spiro atoms. The number of aromatic nitrogens is 4. The Morgan fingerprint density at radius 2 is 2.03 bits per heavy atom. The maximum absolute atomic E-state index is 13.1. The number of anilines is 1. The molecule has 1 amide bonds. The molecule has 4 heterocycles. The smallest absolute Gasteiger partial charge is 0.332 e. The largest absolute Gasteiger partial charge is 0.341 e. The van der Waals surface area contributed by atoms with Crippen molar-refractivity contribution in [1.82, 2.24) is 28.9 Å². The SMILES string of the molecule is CC(C)=CCn1c(N2CCCC(NCC(=O)N3CCSC3C#N)C2)nc2c1c(=O)n(C)c(=O)n2C. The molecule has 2 aliphatic rings. The van der Waals surface area contributed by atoms with Crippen molar-refractivity contribution in [2.75, 3.05) is 36.8 Å². The maximum atomic E-state index is 13.1. The molecule has 2 aliphatic heterocycles. The lowest BCUT2D eigenvalue weighted by molar-refractivity contribution is -0.129. The van der Waals surface area contributed by atoms with Gasteiger partial charge in [0.2, 0.25) is 11.9 Å². The second-order valence-electron chi connectivity index (χ2n) is 9.29. The van der Waals surface area contributed by atoms with Gasteiger partial charge in [-0.2, -0.15) is 10.2 Å². The quantitative estimate of drug-likeness (QED) is 0.565. The van der Waals surface area contributed by atoms with Crippen LogP contribution in [0.5, 0.6) is 0 Å². The van der Waals surface area contributed by atoms with Gasteiger partial charge in [-0.05, 0) is 26.7 Å². The van der Waals surface area contributed by atoms with Crippen LogP contribution in [0.2, 0.25) is 0 Å². The van der Waals surface area contributed by atoms with Crippen LogP contribution in [0.4, 0.5) is 5.95 Å². The first kappa shape index (κ1) is 25.1. The Morgan fingerprint density at radius 3 is 2.74 bits per heavy atom. The zero-order valence-electron chi connectivity index (χ0n) is 20.7. The van der Waals surface area contributed by atoms with Crippen molar-refractivity contribution < 1.29 is 4.79 Å². The number of thioether (sulfide) groups is 1. The number of nitriles is 1. The fourth-order valence-electron chi connectivity index (χ4n) is 4.61. The van der Waals surface area contributed by atoms with Gasteiger partial charge in [0.25, 0.3) is 5.56 Å². The molecule has 0 aliphatic carbocycles. The average Bonchev–Trinajstić information content (AvgIpc) is 3.48. The highest BCUT2D eigenvalue weighted by atomic mass is 32.2. The molecule has 35 heavy (non-hydrogen) atoms. The Labute approximate surface area is 208 Å². The van der Waals surface area contributed by atoms with Gasteiger partial charge in [-0.25, -0.2) is 4.79 Å². The number of carbonyl (C=O) groups is 1. The first-order valence-electron chi connectivity index (χ1n) is 11.8. The molecule has 2 aromatic rings. The molecule has 2 atom stereocenters. The molecule has 2 aromatic heterocycles. The average molecular weight is 501 g/mol. The Balaban J connectivity index is 1.59. The first-order valence-corrected chi connectivity index (χ1v) is 12.9. The molecule has 4 rings (SSSR count). The molecule has 2 unspecified atom stereocenters. The van der Waals surface area contributed by atoms with E-state index in [1.54, 1.807) is 11.9 Å². The Hall–Kier alpha value is -3.04. The van der Waals surface area contributed by atoms with Crippen LogP contribution in [0.25, 0.3) is 11.2 Å². The summed E-state index contributed by atoms with van der Waals surface area (Å²) in [5.74, 6) is 1.37. The number of nitrogens with one attached hydrogen (secondary N) is 1. The number of rotatable bonds is 6. The van der Waals surface area contributed by atoms with Crippen LogP contribution in [0.3, 0.4) is 0 Å². The minimum Gasteiger partial charge on any atom is -0.341 e. The molecule has 2 saturated heterocycles. The minimum atomic E-state index is -0.409. The summed E-state index contributed by atoms with van der Waals surface area (Å²) in [6, 6.07) is 2.24. The van der Waals surface area contributed by atoms with Crippen LogP contribution < -0.4 is 21.5 Å². The van der Waals surface area contributed by atoms with E-state index in [9.17, 15) is 19.6 Å². The Bertz CT molecular complexity index is 1310. The molecule has 0 radical (unpaired) electrons. The van der Waals surface area contributed by atoms with Crippen molar-refractivity contribution >= 4 is 34.8 Å². The number of hydrogen-bond donors (Lipinski definition) is 1. The number of allylic oxidation sites excluding steroid dienone is 2. The Kier molecular flexibility index (Phi) is 7.37. The number of nitrogens with zero attached hydrogens (tertiary/aromatic N) is 7. The number of carbonyl (C=O) groups excluding carboxylic acids is 1. The molecular formula is C23H32N8O3S. The Morgan fingerprint density at radius 1 is 1.26 bits per heavy atom. The predicted molar refractivity (Wildman–Crippen MR) is 136 cm³/mol. The van der Waals surface area contributed by atoms with Crippen LogP contribution in [-0.2, 0) is 25.4 Å². The first-order chi connectivity index (χ1) is 16.7. The van der Waals surface area contributed by atoms with Crippen molar-refractivity contribution in [3.8, 4) is 6.07 Å². The molecule has 12 heteroatoms. The van der Waals surface area contributed by atoms with Crippen LogP contribution >= 0.6 is 11.8 Å². The third kappa shape index (κ3) is 4.88. The molecule has 1 N–H and O–H groups in total. The van der Waals surface area contributed by atoms with E-state index in [1.807, 2.05) is 24.5 Å². The van der Waals surface area contributed by atoms with Crippen LogP contribution in [0, 0.1) is 11.3 Å². The van der Waals surface area contributed by atoms with Crippen molar-refractivity contribution in [3.05, 3.63) is 32.5 Å². The van der Waals surface area contributed by atoms with Crippen LogP contribution in [0.15, 0.2) is 21.2 Å². The summed E-state index contributed by atoms with van der Waals surface area (Å²) in [7, 11) is 3.11. The van der Waals surface area contributed by atoms with Crippen molar-refractivity contribution in [1.29, 1.82) is 5.26 Å². The van der Waals surface area contributed by atoms with Crippen LogP contribution in [0.1, 0.15) is 26.7 Å². The van der Waals surface area contributed by atoms with E-state index in [2.05, 4.69) is 16.3 Å². The van der Waals surface area contributed by atoms with E-state index >= 15 is 0 Å². The molecule has 0 bridgehead atoms. The normalized spacial score (nSPS) is 20.3. The van der Waals surface area contributed by atoms with E-state index in [0.29, 0.717) is 36.7 Å². The standard InChI is InChI=1S/C23H32N8O3S/c1-15(2)7-9-31-19-20(27(3)23(34)28(4)21(19)33)26-22(31)29-8-5-6-16(14-29)25-13-17(32)30-10-11-35-18(30)12-24/h7,16,18,25H,5-6,8-11,13-14H2,1-4H3. The van der Waals surface area contributed by atoms with Gasteiger partial charge in [-0.1, -0.05) is 11.6 Å². The summed E-state index contributed by atoms with van der Waals surface area (Å²) < 4.78 is 4.41. The second-order valence-corrected chi connectivity index (χ2v) is 10.5. The van der Waals surface area contributed by atoms with Gasteiger partial charge in [-0.3, -0.25) is 18.7 Å². The fraction of sp³-hybridized carbons (Fsp3) is 0.609. The second kappa shape index (κ2) is 10.3. The van der Waals surface area contributed by atoms with E-state index < -0.39 is 11.1 Å². The van der Waals surface area contributed by atoms with Gasteiger partial charge in [0.15, 0.2) is 16.5 Å². The lowest BCUT2D eigenvalue weighted by atomic mass is 10.1. The van der Waals surface area contributed by atoms with Crippen molar-refractivity contribution in [2.24, 2.45) is 14.1 Å². The number of amides is 1. The molecule has 188 valence electrons. The van der Waals surface area contributed by atoms with Crippen molar-refractivity contribution in [2.45, 2.75) is 44.6 Å². The number of piperidine rings is 1. The third-order valence-electron chi connectivity index (χ3n) is 6.58. The lowest BCUT2D eigenvalue weighted by Crippen LogP contribution is -2.50. The highest BCUT2D eigenvalue weighted by Gasteiger charge is 2.31. The third-order valence-corrected chi connectivity index (χ3v) is 7.67. The maximum Gasteiger partial charge on any atom is 0.332 e. The zero-order valence-corrected chi connectivity index (χ0v) is 21.5. The number of imidazole rings is 1. The van der Waals surface area contributed by atoms with E-state index in [4.69, 9.17) is 4.98 Å².